The molecule has 7 heteroatoms. The van der Waals surface area contributed by atoms with E-state index in [-0.39, 0.29) is 12.1 Å². The van der Waals surface area contributed by atoms with Gasteiger partial charge in [-0.05, 0) is 25.5 Å². The van der Waals surface area contributed by atoms with Crippen LogP contribution in [0.1, 0.15) is 26.0 Å². The van der Waals surface area contributed by atoms with E-state index in [1.807, 2.05) is 19.1 Å². The van der Waals surface area contributed by atoms with Crippen LogP contribution >= 0.6 is 0 Å². The monoisotopic (exact) mass is 291 g/mol. The van der Waals surface area contributed by atoms with E-state index in [0.717, 1.165) is 25.1 Å². The summed E-state index contributed by atoms with van der Waals surface area (Å²) < 4.78 is 10.4. The predicted octanol–water partition coefficient (Wildman–Crippen LogP) is 2.34. The topological polar surface area (TPSA) is 85.1 Å². The normalized spacial score (nSPS) is 12.0. The molecule has 0 aliphatic heterocycles. The summed E-state index contributed by atoms with van der Waals surface area (Å²) in [6.07, 6.45) is 3.41. The molecule has 2 rings (SSSR count). The number of hydrogen-bond donors (Lipinski definition) is 2. The fraction of sp³-hybridized carbons (Fsp3) is 0.500. The number of ether oxygens (including phenoxy) is 1. The van der Waals surface area contributed by atoms with Crippen molar-refractivity contribution in [3.8, 4) is 6.01 Å². The van der Waals surface area contributed by atoms with Gasteiger partial charge in [0, 0.05) is 19.0 Å². The number of rotatable bonds is 8. The minimum atomic E-state index is 0.127. The Hall–Kier alpha value is -2.31. The number of nitrogens with zero attached hydrogens (tertiary/aromatic N) is 3. The smallest absolute Gasteiger partial charge is 0.322 e. The number of methoxy groups -OCH3 is 1. The zero-order valence-electron chi connectivity index (χ0n) is 12.6. The van der Waals surface area contributed by atoms with Gasteiger partial charge in [0.05, 0.1) is 13.4 Å². The maximum atomic E-state index is 5.33. The Morgan fingerprint density at radius 1 is 1.29 bits per heavy atom. The zero-order chi connectivity index (χ0) is 15.1. The molecule has 0 radical (unpaired) electrons. The lowest BCUT2D eigenvalue weighted by molar-refractivity contribution is 0.379. The standard InChI is InChI=1S/C14H21N5O2/c1-4-7-15-12-17-13(19-14(18-12)20-3)16-10(2)9-11-6-5-8-21-11/h5-6,8,10H,4,7,9H2,1-3H3,(H2,15,16,17,18,19). The molecule has 1 unspecified atom stereocenters. The summed E-state index contributed by atoms with van der Waals surface area (Å²) in [4.78, 5) is 12.7. The third kappa shape index (κ3) is 4.62. The summed E-state index contributed by atoms with van der Waals surface area (Å²) in [5, 5.41) is 6.36. The van der Waals surface area contributed by atoms with Crippen LogP contribution in [-0.2, 0) is 6.42 Å². The number of hydrogen-bond acceptors (Lipinski definition) is 7. The lowest BCUT2D eigenvalue weighted by Gasteiger charge is -2.13. The van der Waals surface area contributed by atoms with Crippen LogP contribution in [0.25, 0.3) is 0 Å². The van der Waals surface area contributed by atoms with Gasteiger partial charge in [-0.25, -0.2) is 0 Å². The lowest BCUT2D eigenvalue weighted by atomic mass is 10.2. The van der Waals surface area contributed by atoms with Gasteiger partial charge in [-0.1, -0.05) is 6.92 Å². The molecule has 0 spiro atoms. The maximum absolute atomic E-state index is 5.33. The van der Waals surface area contributed by atoms with Crippen LogP contribution < -0.4 is 15.4 Å². The highest BCUT2D eigenvalue weighted by atomic mass is 16.5. The van der Waals surface area contributed by atoms with E-state index in [4.69, 9.17) is 9.15 Å². The summed E-state index contributed by atoms with van der Waals surface area (Å²) >= 11 is 0. The predicted molar refractivity (Wildman–Crippen MR) is 80.7 cm³/mol. The molecule has 114 valence electrons. The molecule has 0 aliphatic carbocycles. The first-order valence-electron chi connectivity index (χ1n) is 7.04. The minimum Gasteiger partial charge on any atom is -0.469 e. The first-order chi connectivity index (χ1) is 10.2. The Bertz CT molecular complexity index is 544. The van der Waals surface area contributed by atoms with Crippen LogP contribution in [0.4, 0.5) is 11.9 Å². The van der Waals surface area contributed by atoms with E-state index in [1.165, 1.54) is 7.11 Å². The van der Waals surface area contributed by atoms with Crippen molar-refractivity contribution in [2.45, 2.75) is 32.7 Å². The van der Waals surface area contributed by atoms with Gasteiger partial charge in [0.25, 0.3) is 0 Å². The van der Waals surface area contributed by atoms with E-state index in [1.54, 1.807) is 6.26 Å². The summed E-state index contributed by atoms with van der Waals surface area (Å²) in [7, 11) is 1.54. The molecule has 7 nitrogen and oxygen atoms in total. The Morgan fingerprint density at radius 2 is 2.10 bits per heavy atom. The summed E-state index contributed by atoms with van der Waals surface area (Å²) in [6, 6.07) is 4.24. The molecule has 0 amide bonds. The van der Waals surface area contributed by atoms with Crippen LogP contribution in [0, 0.1) is 0 Å². The summed E-state index contributed by atoms with van der Waals surface area (Å²) in [5.41, 5.74) is 0. The largest absolute Gasteiger partial charge is 0.469 e. The van der Waals surface area contributed by atoms with E-state index in [9.17, 15) is 0 Å². The molecular weight excluding hydrogens is 270 g/mol. The van der Waals surface area contributed by atoms with E-state index >= 15 is 0 Å². The second-order valence-corrected chi connectivity index (χ2v) is 4.72. The fourth-order valence-electron chi connectivity index (χ4n) is 1.83. The summed E-state index contributed by atoms with van der Waals surface area (Å²) in [5.74, 6) is 1.91. The van der Waals surface area contributed by atoms with Crippen LogP contribution in [0.2, 0.25) is 0 Å². The first kappa shape index (κ1) is 15.1. The van der Waals surface area contributed by atoms with E-state index in [0.29, 0.717) is 11.9 Å². The average Bonchev–Trinajstić information content (AvgIpc) is 2.97. The Kier molecular flexibility index (Phi) is 5.36. The van der Waals surface area contributed by atoms with Crippen molar-refractivity contribution in [3.63, 3.8) is 0 Å². The van der Waals surface area contributed by atoms with Crippen molar-refractivity contribution in [1.82, 2.24) is 15.0 Å². The highest BCUT2D eigenvalue weighted by Gasteiger charge is 2.11. The Labute approximate surface area is 124 Å². The molecular formula is C14H21N5O2. The Balaban J connectivity index is 2.03. The van der Waals surface area contributed by atoms with Crippen LogP contribution in [0.3, 0.4) is 0 Å². The average molecular weight is 291 g/mol. The molecule has 0 fully saturated rings. The molecule has 0 bridgehead atoms. The van der Waals surface area contributed by atoms with Gasteiger partial charge in [0.1, 0.15) is 5.76 Å². The molecule has 2 aromatic heterocycles. The van der Waals surface area contributed by atoms with Gasteiger partial charge in [-0.2, -0.15) is 15.0 Å². The van der Waals surface area contributed by atoms with Gasteiger partial charge >= 0.3 is 6.01 Å². The molecule has 0 aliphatic rings. The molecule has 2 aromatic rings. The van der Waals surface area contributed by atoms with Gasteiger partial charge in [-0.15, -0.1) is 0 Å². The van der Waals surface area contributed by atoms with E-state index < -0.39 is 0 Å². The molecule has 0 saturated carbocycles. The van der Waals surface area contributed by atoms with E-state index in [2.05, 4.69) is 32.5 Å². The molecule has 21 heavy (non-hydrogen) atoms. The van der Waals surface area contributed by atoms with Gasteiger partial charge in [0.15, 0.2) is 0 Å². The quantitative estimate of drug-likeness (QED) is 0.772. The Morgan fingerprint density at radius 3 is 2.76 bits per heavy atom. The minimum absolute atomic E-state index is 0.127. The van der Waals surface area contributed by atoms with Crippen molar-refractivity contribution in [3.05, 3.63) is 24.2 Å². The van der Waals surface area contributed by atoms with Crippen molar-refractivity contribution in [2.24, 2.45) is 0 Å². The van der Waals surface area contributed by atoms with Crippen LogP contribution in [-0.4, -0.2) is 34.6 Å². The first-order valence-corrected chi connectivity index (χ1v) is 7.04. The van der Waals surface area contributed by atoms with Crippen molar-refractivity contribution in [2.75, 3.05) is 24.3 Å². The zero-order valence-corrected chi connectivity index (χ0v) is 12.6. The lowest BCUT2D eigenvalue weighted by Crippen LogP contribution is -2.20. The third-order valence-corrected chi connectivity index (χ3v) is 2.79. The number of aromatic nitrogens is 3. The van der Waals surface area contributed by atoms with Gasteiger partial charge < -0.3 is 19.8 Å². The highest BCUT2D eigenvalue weighted by Crippen LogP contribution is 2.13. The molecule has 2 heterocycles. The van der Waals surface area contributed by atoms with Crippen LogP contribution in [0.5, 0.6) is 6.01 Å². The molecule has 0 aromatic carbocycles. The number of anilines is 2. The SMILES string of the molecule is CCCNc1nc(NC(C)Cc2ccco2)nc(OC)n1. The number of furan rings is 1. The highest BCUT2D eigenvalue weighted by molar-refractivity contribution is 5.36. The second-order valence-electron chi connectivity index (χ2n) is 4.72. The molecule has 0 saturated heterocycles. The third-order valence-electron chi connectivity index (χ3n) is 2.79. The second kappa shape index (κ2) is 7.47. The van der Waals surface area contributed by atoms with Crippen molar-refractivity contribution >= 4 is 11.9 Å². The maximum Gasteiger partial charge on any atom is 0.322 e. The molecule has 1 atom stereocenters. The van der Waals surface area contributed by atoms with Crippen LogP contribution in [0.15, 0.2) is 22.8 Å². The number of nitrogens with one attached hydrogen (secondary N) is 2. The van der Waals surface area contributed by atoms with Gasteiger partial charge in [0.2, 0.25) is 11.9 Å². The van der Waals surface area contributed by atoms with Crippen molar-refractivity contribution in [1.29, 1.82) is 0 Å². The molecule has 2 N–H and O–H groups in total. The summed E-state index contributed by atoms with van der Waals surface area (Å²) in [6.45, 7) is 4.92. The fourth-order valence-corrected chi connectivity index (χ4v) is 1.83. The van der Waals surface area contributed by atoms with Gasteiger partial charge in [-0.3, -0.25) is 0 Å². The van der Waals surface area contributed by atoms with Crippen molar-refractivity contribution < 1.29 is 9.15 Å².